The third-order valence-corrected chi connectivity index (χ3v) is 2.63. The van der Waals surface area contributed by atoms with Crippen LogP contribution in [0.25, 0.3) is 0 Å². The van der Waals surface area contributed by atoms with Crippen molar-refractivity contribution in [3.05, 3.63) is 0 Å². The summed E-state index contributed by atoms with van der Waals surface area (Å²) in [6, 6.07) is -1.83. The molecule has 2 amide bonds. The Kier molecular flexibility index (Phi) is 5.41. The minimum atomic E-state index is -1.07. The maximum Gasteiger partial charge on any atom is 0.326 e. The zero-order chi connectivity index (χ0) is 13.8. The lowest BCUT2D eigenvalue weighted by molar-refractivity contribution is -0.142. The normalized spacial score (nSPS) is 14.9. The van der Waals surface area contributed by atoms with Crippen molar-refractivity contribution in [1.82, 2.24) is 10.2 Å². The smallest absolute Gasteiger partial charge is 0.326 e. The number of likely N-dealkylation sites (N-methyl/N-ethyl adjacent to an activating group) is 1. The number of hydrogen-bond donors (Lipinski definition) is 3. The van der Waals surface area contributed by atoms with Gasteiger partial charge in [0.1, 0.15) is 6.04 Å². The van der Waals surface area contributed by atoms with Gasteiger partial charge in [-0.2, -0.15) is 0 Å². The molecule has 100 valence electrons. The molecular formula is C11H22N2O4. The van der Waals surface area contributed by atoms with Gasteiger partial charge in [-0.15, -0.1) is 0 Å². The summed E-state index contributed by atoms with van der Waals surface area (Å²) in [5.74, 6) is -1.07. The molecule has 0 aliphatic carbocycles. The monoisotopic (exact) mass is 246 g/mol. The van der Waals surface area contributed by atoms with Crippen molar-refractivity contribution >= 4 is 12.0 Å². The maximum atomic E-state index is 11.7. The summed E-state index contributed by atoms with van der Waals surface area (Å²) < 4.78 is 0. The van der Waals surface area contributed by atoms with Gasteiger partial charge in [-0.1, -0.05) is 20.8 Å². The first-order valence-corrected chi connectivity index (χ1v) is 5.48. The number of carboxylic acid groups (broad SMARTS) is 1. The Bertz CT molecular complexity index is 286. The topological polar surface area (TPSA) is 89.9 Å². The van der Waals surface area contributed by atoms with Crippen molar-refractivity contribution in [3.63, 3.8) is 0 Å². The lowest BCUT2D eigenvalue weighted by atomic mass is 9.87. The van der Waals surface area contributed by atoms with Crippen molar-refractivity contribution in [2.24, 2.45) is 5.41 Å². The van der Waals surface area contributed by atoms with Crippen molar-refractivity contribution < 1.29 is 19.8 Å². The Morgan fingerprint density at radius 1 is 1.35 bits per heavy atom. The van der Waals surface area contributed by atoms with Crippen LogP contribution in [0.5, 0.6) is 0 Å². The van der Waals surface area contributed by atoms with Gasteiger partial charge in [0, 0.05) is 7.05 Å². The van der Waals surface area contributed by atoms with Gasteiger partial charge in [-0.3, -0.25) is 0 Å². The number of hydrogen-bond acceptors (Lipinski definition) is 3. The number of amides is 2. The summed E-state index contributed by atoms with van der Waals surface area (Å²) in [5.41, 5.74) is -0.579. The average molecular weight is 246 g/mol. The van der Waals surface area contributed by atoms with Crippen LogP contribution < -0.4 is 5.32 Å². The highest BCUT2D eigenvalue weighted by molar-refractivity contribution is 5.83. The molecule has 2 unspecified atom stereocenters. The summed E-state index contributed by atoms with van der Waals surface area (Å²) in [4.78, 5) is 24.1. The summed E-state index contributed by atoms with van der Waals surface area (Å²) in [5, 5.41) is 20.4. The summed E-state index contributed by atoms with van der Waals surface area (Å²) in [6.45, 7) is 6.72. The largest absolute Gasteiger partial charge is 0.480 e. The molecule has 3 N–H and O–H groups in total. The Morgan fingerprint density at radius 2 is 1.82 bits per heavy atom. The second kappa shape index (κ2) is 5.86. The van der Waals surface area contributed by atoms with Gasteiger partial charge in [0.2, 0.25) is 0 Å². The van der Waals surface area contributed by atoms with Crippen LogP contribution in [0.1, 0.15) is 27.7 Å². The molecule has 0 aromatic carbocycles. The number of carbonyl (C=O) groups is 2. The molecule has 0 aromatic heterocycles. The minimum Gasteiger partial charge on any atom is -0.480 e. The van der Waals surface area contributed by atoms with E-state index in [-0.39, 0.29) is 12.6 Å². The number of nitrogens with one attached hydrogen (secondary N) is 1. The number of aliphatic hydroxyl groups excluding tert-OH is 1. The van der Waals surface area contributed by atoms with Gasteiger partial charge in [-0.05, 0) is 12.3 Å². The lowest BCUT2D eigenvalue weighted by Gasteiger charge is -2.31. The standard InChI is InChI=1S/C11H22N2O4/c1-7(6-14)13(5)10(17)12-8(9(15)16)11(2,3)4/h7-8,14H,6H2,1-5H3,(H,12,17)(H,15,16). The molecule has 0 saturated carbocycles. The summed E-state index contributed by atoms with van der Waals surface area (Å²) >= 11 is 0. The quantitative estimate of drug-likeness (QED) is 0.674. The van der Waals surface area contributed by atoms with E-state index in [4.69, 9.17) is 10.2 Å². The van der Waals surface area contributed by atoms with E-state index >= 15 is 0 Å². The van der Waals surface area contributed by atoms with E-state index in [0.29, 0.717) is 0 Å². The van der Waals surface area contributed by atoms with Gasteiger partial charge < -0.3 is 20.4 Å². The van der Waals surface area contributed by atoms with E-state index in [1.165, 1.54) is 11.9 Å². The first kappa shape index (κ1) is 15.7. The van der Waals surface area contributed by atoms with Crippen LogP contribution in [0.2, 0.25) is 0 Å². The molecule has 6 nitrogen and oxygen atoms in total. The molecule has 0 bridgehead atoms. The van der Waals surface area contributed by atoms with Crippen molar-refractivity contribution in [1.29, 1.82) is 0 Å². The Hall–Kier alpha value is -1.30. The van der Waals surface area contributed by atoms with Crippen LogP contribution in [0.3, 0.4) is 0 Å². The first-order valence-electron chi connectivity index (χ1n) is 5.48. The molecule has 0 aliphatic heterocycles. The predicted molar refractivity (Wildman–Crippen MR) is 63.7 cm³/mol. The first-order chi connectivity index (χ1) is 7.61. The second-order valence-electron chi connectivity index (χ2n) is 5.23. The van der Waals surface area contributed by atoms with Crippen molar-refractivity contribution in [2.45, 2.75) is 39.8 Å². The van der Waals surface area contributed by atoms with Gasteiger partial charge >= 0.3 is 12.0 Å². The number of rotatable bonds is 4. The number of carbonyl (C=O) groups excluding carboxylic acids is 1. The fourth-order valence-corrected chi connectivity index (χ4v) is 1.20. The zero-order valence-electron chi connectivity index (χ0n) is 11.0. The number of aliphatic carboxylic acids is 1. The van der Waals surface area contributed by atoms with Gasteiger partial charge in [0.25, 0.3) is 0 Å². The number of urea groups is 1. The SMILES string of the molecule is CC(CO)N(C)C(=O)NC(C(=O)O)C(C)(C)C. The molecule has 17 heavy (non-hydrogen) atoms. The average Bonchev–Trinajstić information content (AvgIpc) is 2.21. The lowest BCUT2D eigenvalue weighted by Crippen LogP contribution is -2.54. The fourth-order valence-electron chi connectivity index (χ4n) is 1.20. The van der Waals surface area contributed by atoms with E-state index in [0.717, 1.165) is 0 Å². The highest BCUT2D eigenvalue weighted by Crippen LogP contribution is 2.19. The van der Waals surface area contributed by atoms with Gasteiger partial charge in [-0.25, -0.2) is 9.59 Å². The minimum absolute atomic E-state index is 0.169. The molecule has 0 saturated heterocycles. The number of aliphatic hydroxyl groups is 1. The molecule has 0 aromatic rings. The van der Waals surface area contributed by atoms with Crippen molar-refractivity contribution in [3.8, 4) is 0 Å². The van der Waals surface area contributed by atoms with Crippen molar-refractivity contribution in [2.75, 3.05) is 13.7 Å². The molecular weight excluding hydrogens is 224 g/mol. The van der Waals surface area contributed by atoms with Gasteiger partial charge in [0.15, 0.2) is 0 Å². The summed E-state index contributed by atoms with van der Waals surface area (Å²) in [7, 11) is 1.51. The van der Waals surface area contributed by atoms with E-state index in [9.17, 15) is 9.59 Å². The second-order valence-corrected chi connectivity index (χ2v) is 5.23. The van der Waals surface area contributed by atoms with Crippen LogP contribution in [0, 0.1) is 5.41 Å². The molecule has 2 atom stereocenters. The molecule has 0 radical (unpaired) electrons. The molecule has 0 rings (SSSR count). The Balaban J connectivity index is 4.69. The van der Waals surface area contributed by atoms with Crippen LogP contribution in [0.15, 0.2) is 0 Å². The third-order valence-electron chi connectivity index (χ3n) is 2.63. The number of nitrogens with zero attached hydrogens (tertiary/aromatic N) is 1. The van der Waals surface area contributed by atoms with Crippen LogP contribution in [-0.2, 0) is 4.79 Å². The Morgan fingerprint density at radius 3 is 2.12 bits per heavy atom. The van der Waals surface area contributed by atoms with E-state index in [1.54, 1.807) is 27.7 Å². The molecule has 6 heteroatoms. The van der Waals surface area contributed by atoms with E-state index in [1.807, 2.05) is 0 Å². The molecule has 0 spiro atoms. The van der Waals surface area contributed by atoms with Crippen LogP contribution in [-0.4, -0.2) is 52.9 Å². The predicted octanol–water partition coefficient (Wildman–Crippen LogP) is 0.508. The number of carboxylic acids is 1. The van der Waals surface area contributed by atoms with E-state index in [2.05, 4.69) is 5.32 Å². The highest BCUT2D eigenvalue weighted by Gasteiger charge is 2.33. The molecule has 0 fully saturated rings. The van der Waals surface area contributed by atoms with E-state index < -0.39 is 23.5 Å². The molecule has 0 aliphatic rings. The summed E-state index contributed by atoms with van der Waals surface area (Å²) in [6.07, 6.45) is 0. The third kappa shape index (κ3) is 4.60. The Labute approximate surface area is 102 Å². The maximum absolute atomic E-state index is 11.7. The zero-order valence-corrected chi connectivity index (χ0v) is 11.0. The van der Waals surface area contributed by atoms with Gasteiger partial charge in [0.05, 0.1) is 12.6 Å². The van der Waals surface area contributed by atoms with Crippen LogP contribution in [0.4, 0.5) is 4.79 Å². The van der Waals surface area contributed by atoms with Crippen LogP contribution >= 0.6 is 0 Å². The fraction of sp³-hybridized carbons (Fsp3) is 0.818. The highest BCUT2D eigenvalue weighted by atomic mass is 16.4. The molecule has 0 heterocycles.